The van der Waals surface area contributed by atoms with Gasteiger partial charge in [0.05, 0.1) is 11.9 Å². The zero-order valence-corrected chi connectivity index (χ0v) is 21.4. The number of para-hydroxylation sites is 1. The van der Waals surface area contributed by atoms with E-state index in [1.54, 1.807) is 6.20 Å². The number of nitrogens with zero attached hydrogens (tertiary/aromatic N) is 3. The Labute approximate surface area is 203 Å². The smallest absolute Gasteiger partial charge is 0.283 e. The molecule has 3 saturated carbocycles. The quantitative estimate of drug-likeness (QED) is 0.635. The van der Waals surface area contributed by atoms with E-state index in [1.807, 2.05) is 23.1 Å². The van der Waals surface area contributed by atoms with Gasteiger partial charge in [-0.3, -0.25) is 9.59 Å². The first-order valence-electron chi connectivity index (χ1n) is 12.1. The Morgan fingerprint density at radius 1 is 1.24 bits per heavy atom. The first kappa shape index (κ1) is 22.6. The molecule has 0 radical (unpaired) electrons. The number of carbonyl (C=O) groups is 1. The van der Waals surface area contributed by atoms with Gasteiger partial charge in [-0.2, -0.15) is 5.10 Å². The number of hydrogen-bond acceptors (Lipinski definition) is 4. The van der Waals surface area contributed by atoms with Crippen molar-refractivity contribution in [3.05, 3.63) is 50.9 Å². The normalized spacial score (nSPS) is 29.7. The van der Waals surface area contributed by atoms with Crippen molar-refractivity contribution < 1.29 is 4.79 Å². The number of hydrogen-bond donors (Lipinski definition) is 1. The maximum atomic E-state index is 13.2. The molecule has 6 nitrogen and oxygen atoms in total. The summed E-state index contributed by atoms with van der Waals surface area (Å²) in [6, 6.07) is 8.44. The van der Waals surface area contributed by atoms with Crippen molar-refractivity contribution in [2.24, 2.45) is 23.2 Å². The predicted octanol–water partition coefficient (Wildman–Crippen LogP) is 4.86. The summed E-state index contributed by atoms with van der Waals surface area (Å²) in [6.07, 6.45) is 5.99. The highest BCUT2D eigenvalue weighted by molar-refractivity contribution is 9.10. The maximum absolute atomic E-state index is 13.2. The van der Waals surface area contributed by atoms with E-state index in [1.165, 1.54) is 16.7 Å². The van der Waals surface area contributed by atoms with Crippen LogP contribution in [0.2, 0.25) is 0 Å². The first-order valence-corrected chi connectivity index (χ1v) is 12.9. The SMILES string of the molecule is CC1CCc2ccccc2N1C(=O)Cn1ncc(N[C@@H]2C[C@@H]3C[C@H]([C@H]2C)C3(C)C)c(Br)c1=O. The second kappa shape index (κ2) is 8.26. The standard InChI is InChI=1S/C26H33BrN4O2/c1-15-9-10-17-7-5-6-8-22(17)31(15)23(32)14-30-25(33)24(27)21(13-28-30)29-20-12-18-11-19(16(20)2)26(18,3)4/h5-8,13,15-16,18-20,29H,9-12,14H2,1-4H3/t15?,16-,18+,19-,20-/m1/s1. The van der Waals surface area contributed by atoms with E-state index >= 15 is 0 Å². The molecule has 1 aromatic heterocycles. The molecule has 0 spiro atoms. The Morgan fingerprint density at radius 2 is 2.00 bits per heavy atom. The van der Waals surface area contributed by atoms with Crippen LogP contribution < -0.4 is 15.8 Å². The fourth-order valence-electron chi connectivity index (χ4n) is 6.49. The molecule has 7 heteroatoms. The second-order valence-electron chi connectivity index (χ2n) is 10.8. The number of rotatable bonds is 4. The number of halogens is 1. The van der Waals surface area contributed by atoms with Crippen molar-refractivity contribution in [1.29, 1.82) is 0 Å². The van der Waals surface area contributed by atoms with E-state index in [9.17, 15) is 9.59 Å². The van der Waals surface area contributed by atoms with Crippen LogP contribution in [-0.2, 0) is 17.8 Å². The zero-order valence-electron chi connectivity index (χ0n) is 19.8. The van der Waals surface area contributed by atoms with Crippen LogP contribution in [0.25, 0.3) is 0 Å². The van der Waals surface area contributed by atoms with Gasteiger partial charge in [0.15, 0.2) is 0 Å². The van der Waals surface area contributed by atoms with Crippen molar-refractivity contribution in [2.45, 2.75) is 72.0 Å². The summed E-state index contributed by atoms with van der Waals surface area (Å²) in [7, 11) is 0. The van der Waals surface area contributed by atoms with Gasteiger partial charge in [-0.25, -0.2) is 4.68 Å². The van der Waals surface area contributed by atoms with Gasteiger partial charge in [-0.1, -0.05) is 39.0 Å². The lowest BCUT2D eigenvalue weighted by Crippen LogP contribution is -2.58. The minimum Gasteiger partial charge on any atom is -0.380 e. The monoisotopic (exact) mass is 512 g/mol. The molecule has 1 aliphatic heterocycles. The molecule has 4 aliphatic rings. The third kappa shape index (κ3) is 3.72. The van der Waals surface area contributed by atoms with Gasteiger partial charge in [0.25, 0.3) is 5.56 Å². The average molecular weight is 513 g/mol. The second-order valence-corrected chi connectivity index (χ2v) is 11.6. The van der Waals surface area contributed by atoms with Crippen LogP contribution in [-0.4, -0.2) is 27.8 Å². The zero-order chi connectivity index (χ0) is 23.5. The van der Waals surface area contributed by atoms with E-state index in [0.717, 1.165) is 36.6 Å². The highest BCUT2D eigenvalue weighted by Crippen LogP contribution is 2.61. The Morgan fingerprint density at radius 3 is 2.73 bits per heavy atom. The number of aryl methyl sites for hydroxylation is 1. The molecule has 1 amide bonds. The highest BCUT2D eigenvalue weighted by atomic mass is 79.9. The van der Waals surface area contributed by atoms with Gasteiger partial charge < -0.3 is 10.2 Å². The van der Waals surface area contributed by atoms with Crippen LogP contribution in [0.1, 0.15) is 52.5 Å². The average Bonchev–Trinajstić information content (AvgIpc) is 2.79. The lowest BCUT2D eigenvalue weighted by Gasteiger charge is -2.62. The number of aromatic nitrogens is 2. The first-order chi connectivity index (χ1) is 15.7. The number of anilines is 2. The number of nitrogens with one attached hydrogen (secondary N) is 1. The fraction of sp³-hybridized carbons (Fsp3) is 0.577. The molecule has 2 bridgehead atoms. The van der Waals surface area contributed by atoms with Crippen molar-refractivity contribution >= 4 is 33.2 Å². The summed E-state index contributed by atoms with van der Waals surface area (Å²) in [6.45, 7) is 9.07. The maximum Gasteiger partial charge on any atom is 0.283 e. The molecule has 1 N–H and O–H groups in total. The summed E-state index contributed by atoms with van der Waals surface area (Å²) < 4.78 is 1.72. The molecule has 0 saturated heterocycles. The molecule has 2 heterocycles. The minimum atomic E-state index is -0.278. The van der Waals surface area contributed by atoms with E-state index in [0.29, 0.717) is 27.8 Å². The third-order valence-electron chi connectivity index (χ3n) is 8.76. The van der Waals surface area contributed by atoms with Gasteiger partial charge in [0.2, 0.25) is 5.91 Å². The van der Waals surface area contributed by atoms with E-state index in [4.69, 9.17) is 0 Å². The van der Waals surface area contributed by atoms with Gasteiger partial charge >= 0.3 is 0 Å². The number of carbonyl (C=O) groups excluding carboxylic acids is 1. The molecule has 33 heavy (non-hydrogen) atoms. The van der Waals surface area contributed by atoms with Crippen LogP contribution in [0.15, 0.2) is 39.7 Å². The summed E-state index contributed by atoms with van der Waals surface area (Å²) in [5.74, 6) is 1.88. The van der Waals surface area contributed by atoms with E-state index < -0.39 is 0 Å². The molecular weight excluding hydrogens is 480 g/mol. The van der Waals surface area contributed by atoms with Crippen molar-refractivity contribution in [3.8, 4) is 0 Å². The Bertz CT molecular complexity index is 1140. The topological polar surface area (TPSA) is 67.2 Å². The van der Waals surface area contributed by atoms with Crippen LogP contribution >= 0.6 is 15.9 Å². The van der Waals surface area contributed by atoms with E-state index in [-0.39, 0.29) is 24.1 Å². The predicted molar refractivity (Wildman–Crippen MR) is 134 cm³/mol. The van der Waals surface area contributed by atoms with Crippen molar-refractivity contribution in [3.63, 3.8) is 0 Å². The summed E-state index contributed by atoms with van der Waals surface area (Å²) in [4.78, 5) is 28.1. The summed E-state index contributed by atoms with van der Waals surface area (Å²) >= 11 is 3.49. The lowest BCUT2D eigenvalue weighted by molar-refractivity contribution is -0.120. The Kier molecular flexibility index (Phi) is 5.66. The molecule has 176 valence electrons. The molecule has 5 atom stereocenters. The molecule has 1 unspecified atom stereocenters. The Balaban J connectivity index is 1.33. The molecule has 1 aromatic carbocycles. The van der Waals surface area contributed by atoms with Crippen LogP contribution in [0, 0.1) is 23.2 Å². The molecular formula is C26H33BrN4O2. The molecule has 3 aliphatic carbocycles. The van der Waals surface area contributed by atoms with Gasteiger partial charge in [-0.15, -0.1) is 0 Å². The van der Waals surface area contributed by atoms with Gasteiger partial charge in [0, 0.05) is 17.8 Å². The Hall–Kier alpha value is -2.15. The summed E-state index contributed by atoms with van der Waals surface area (Å²) in [5.41, 5.74) is 2.98. The lowest BCUT2D eigenvalue weighted by atomic mass is 9.45. The largest absolute Gasteiger partial charge is 0.380 e. The summed E-state index contributed by atoms with van der Waals surface area (Å²) in [5, 5.41) is 7.95. The van der Waals surface area contributed by atoms with Crippen LogP contribution in [0.5, 0.6) is 0 Å². The third-order valence-corrected chi connectivity index (χ3v) is 9.52. The highest BCUT2D eigenvalue weighted by Gasteiger charge is 2.56. The van der Waals surface area contributed by atoms with E-state index in [2.05, 4.69) is 60.1 Å². The van der Waals surface area contributed by atoms with Crippen LogP contribution in [0.4, 0.5) is 11.4 Å². The molecule has 3 fully saturated rings. The molecule has 6 rings (SSSR count). The van der Waals surface area contributed by atoms with Crippen molar-refractivity contribution in [2.75, 3.05) is 10.2 Å². The van der Waals surface area contributed by atoms with Crippen LogP contribution in [0.3, 0.4) is 0 Å². The number of fused-ring (bicyclic) bond motifs is 3. The fourth-order valence-corrected chi connectivity index (χ4v) is 6.91. The van der Waals surface area contributed by atoms with Crippen molar-refractivity contribution in [1.82, 2.24) is 9.78 Å². The molecule has 2 aromatic rings. The number of amides is 1. The van der Waals surface area contributed by atoms with Gasteiger partial charge in [-0.05, 0) is 83.3 Å². The van der Waals surface area contributed by atoms with Gasteiger partial charge in [0.1, 0.15) is 11.0 Å². The minimum absolute atomic E-state index is 0.0748. The number of benzene rings is 1.